The van der Waals surface area contributed by atoms with Gasteiger partial charge < -0.3 is 11.1 Å². The van der Waals surface area contributed by atoms with Crippen LogP contribution in [-0.2, 0) is 0 Å². The molecule has 0 fully saturated rings. The average Bonchev–Trinajstić information content (AvgIpc) is 2.48. The quantitative estimate of drug-likeness (QED) is 0.709. The molecule has 0 bridgehead atoms. The topological polar surface area (TPSA) is 63.8 Å². The summed E-state index contributed by atoms with van der Waals surface area (Å²) in [5, 5.41) is 3.15. The fourth-order valence-electron chi connectivity index (χ4n) is 1.93. The van der Waals surface area contributed by atoms with Crippen LogP contribution in [-0.4, -0.2) is 9.97 Å². The Kier molecular flexibility index (Phi) is 3.29. The third kappa shape index (κ3) is 2.75. The van der Waals surface area contributed by atoms with Crippen LogP contribution in [0.2, 0.25) is 0 Å². The van der Waals surface area contributed by atoms with E-state index in [4.69, 9.17) is 5.73 Å². The highest BCUT2D eigenvalue weighted by molar-refractivity contribution is 5.63. The number of rotatable bonds is 3. The van der Waals surface area contributed by atoms with Crippen molar-refractivity contribution in [2.24, 2.45) is 0 Å². The summed E-state index contributed by atoms with van der Waals surface area (Å²) in [7, 11) is 0. The Morgan fingerprint density at radius 1 is 0.900 bits per heavy atom. The van der Waals surface area contributed by atoms with E-state index in [1.807, 2.05) is 60.7 Å². The van der Waals surface area contributed by atoms with Crippen molar-refractivity contribution >= 4 is 17.3 Å². The van der Waals surface area contributed by atoms with Gasteiger partial charge in [-0.05, 0) is 24.3 Å². The van der Waals surface area contributed by atoms with Gasteiger partial charge >= 0.3 is 0 Å². The molecule has 3 N–H and O–H groups in total. The minimum atomic E-state index is 0.553. The van der Waals surface area contributed by atoms with E-state index in [0.29, 0.717) is 11.6 Å². The maximum absolute atomic E-state index is 5.75. The lowest BCUT2D eigenvalue weighted by Gasteiger charge is -2.07. The Hall–Kier alpha value is -2.88. The van der Waals surface area contributed by atoms with Crippen LogP contribution in [0.4, 0.5) is 17.3 Å². The van der Waals surface area contributed by atoms with Crippen LogP contribution in [0.15, 0.2) is 66.9 Å². The minimum Gasteiger partial charge on any atom is -0.399 e. The van der Waals surface area contributed by atoms with Crippen molar-refractivity contribution in [3.63, 3.8) is 0 Å². The Bertz CT molecular complexity index is 710. The fraction of sp³-hybridized carbons (Fsp3) is 0. The highest BCUT2D eigenvalue weighted by Crippen LogP contribution is 2.19. The summed E-state index contributed by atoms with van der Waals surface area (Å²) < 4.78 is 0. The van der Waals surface area contributed by atoms with E-state index in [0.717, 1.165) is 16.9 Å². The summed E-state index contributed by atoms with van der Waals surface area (Å²) in [6.07, 6.45) is 1.74. The van der Waals surface area contributed by atoms with Crippen molar-refractivity contribution in [2.75, 3.05) is 11.1 Å². The summed E-state index contributed by atoms with van der Waals surface area (Å²) in [5.41, 5.74) is 9.27. The molecule has 0 amide bonds. The van der Waals surface area contributed by atoms with Crippen LogP contribution in [0.3, 0.4) is 0 Å². The van der Waals surface area contributed by atoms with Gasteiger partial charge in [0.1, 0.15) is 0 Å². The van der Waals surface area contributed by atoms with E-state index < -0.39 is 0 Å². The lowest BCUT2D eigenvalue weighted by molar-refractivity contribution is 1.17. The van der Waals surface area contributed by atoms with Gasteiger partial charge in [-0.3, -0.25) is 0 Å². The van der Waals surface area contributed by atoms with E-state index in [1.165, 1.54) is 0 Å². The molecule has 0 saturated carbocycles. The summed E-state index contributed by atoms with van der Waals surface area (Å²) in [5.74, 6) is 0.553. The Morgan fingerprint density at radius 3 is 2.55 bits per heavy atom. The fourth-order valence-corrected chi connectivity index (χ4v) is 1.93. The molecule has 2 aromatic carbocycles. The first-order valence-corrected chi connectivity index (χ1v) is 6.32. The lowest BCUT2D eigenvalue weighted by Crippen LogP contribution is -1.98. The largest absolute Gasteiger partial charge is 0.399 e. The number of aromatic nitrogens is 2. The number of nitrogen functional groups attached to an aromatic ring is 1. The predicted octanol–water partition coefficient (Wildman–Crippen LogP) is 3.47. The minimum absolute atomic E-state index is 0.553. The molecule has 1 heterocycles. The average molecular weight is 262 g/mol. The first-order chi connectivity index (χ1) is 9.81. The molecule has 0 aliphatic rings. The number of hydrogen-bond acceptors (Lipinski definition) is 4. The zero-order chi connectivity index (χ0) is 13.8. The van der Waals surface area contributed by atoms with Gasteiger partial charge in [0.15, 0.2) is 0 Å². The summed E-state index contributed by atoms with van der Waals surface area (Å²) in [4.78, 5) is 8.73. The van der Waals surface area contributed by atoms with Crippen LogP contribution >= 0.6 is 0 Å². The maximum Gasteiger partial charge on any atom is 0.227 e. The van der Waals surface area contributed by atoms with Crippen LogP contribution < -0.4 is 11.1 Å². The molecule has 98 valence electrons. The third-order valence-electron chi connectivity index (χ3n) is 2.87. The molecular weight excluding hydrogens is 248 g/mol. The molecule has 0 atom stereocenters. The summed E-state index contributed by atoms with van der Waals surface area (Å²) >= 11 is 0. The van der Waals surface area contributed by atoms with Crippen molar-refractivity contribution < 1.29 is 0 Å². The normalized spacial score (nSPS) is 10.2. The van der Waals surface area contributed by atoms with Gasteiger partial charge in [0.2, 0.25) is 5.95 Å². The van der Waals surface area contributed by atoms with Gasteiger partial charge in [-0.2, -0.15) is 0 Å². The molecule has 1 aromatic heterocycles. The Labute approximate surface area is 117 Å². The molecule has 0 aliphatic heterocycles. The molecule has 4 heteroatoms. The molecule has 0 unspecified atom stereocenters. The van der Waals surface area contributed by atoms with Crippen LogP contribution in [0.5, 0.6) is 0 Å². The highest BCUT2D eigenvalue weighted by Gasteiger charge is 2.02. The van der Waals surface area contributed by atoms with Crippen molar-refractivity contribution in [2.45, 2.75) is 0 Å². The number of benzene rings is 2. The van der Waals surface area contributed by atoms with E-state index in [2.05, 4.69) is 15.3 Å². The van der Waals surface area contributed by atoms with Crippen molar-refractivity contribution in [1.82, 2.24) is 9.97 Å². The second-order valence-electron chi connectivity index (χ2n) is 4.38. The van der Waals surface area contributed by atoms with E-state index in [9.17, 15) is 0 Å². The van der Waals surface area contributed by atoms with Gasteiger partial charge in [0.25, 0.3) is 0 Å². The van der Waals surface area contributed by atoms with E-state index in [1.54, 1.807) is 6.20 Å². The molecule has 0 radical (unpaired) electrons. The Balaban J connectivity index is 1.88. The number of anilines is 3. The van der Waals surface area contributed by atoms with Gasteiger partial charge in [0.05, 0.1) is 5.69 Å². The van der Waals surface area contributed by atoms with Gasteiger partial charge in [-0.25, -0.2) is 9.97 Å². The third-order valence-corrected chi connectivity index (χ3v) is 2.87. The SMILES string of the molecule is Nc1cccc(Nc2nccc(-c3ccccc3)n2)c1. The van der Waals surface area contributed by atoms with Crippen molar-refractivity contribution in [3.8, 4) is 11.3 Å². The predicted molar refractivity (Wildman–Crippen MR) is 81.6 cm³/mol. The lowest BCUT2D eigenvalue weighted by atomic mass is 10.1. The summed E-state index contributed by atoms with van der Waals surface area (Å²) in [6, 6.07) is 19.4. The van der Waals surface area contributed by atoms with E-state index >= 15 is 0 Å². The standard InChI is InChI=1S/C16H14N4/c17-13-7-4-8-14(11-13)19-16-18-10-9-15(20-16)12-5-2-1-3-6-12/h1-11H,17H2,(H,18,19,20). The zero-order valence-corrected chi connectivity index (χ0v) is 10.8. The molecule has 20 heavy (non-hydrogen) atoms. The number of hydrogen-bond donors (Lipinski definition) is 2. The number of nitrogens with zero attached hydrogens (tertiary/aromatic N) is 2. The first kappa shape index (κ1) is 12.2. The van der Waals surface area contributed by atoms with Crippen LogP contribution in [0.1, 0.15) is 0 Å². The molecular formula is C16H14N4. The van der Waals surface area contributed by atoms with Crippen molar-refractivity contribution in [1.29, 1.82) is 0 Å². The zero-order valence-electron chi connectivity index (χ0n) is 10.8. The smallest absolute Gasteiger partial charge is 0.227 e. The van der Waals surface area contributed by atoms with Crippen molar-refractivity contribution in [3.05, 3.63) is 66.9 Å². The first-order valence-electron chi connectivity index (χ1n) is 6.32. The molecule has 3 aromatic rings. The van der Waals surface area contributed by atoms with Crippen LogP contribution in [0, 0.1) is 0 Å². The molecule has 3 rings (SSSR count). The monoisotopic (exact) mass is 262 g/mol. The number of nitrogens with one attached hydrogen (secondary N) is 1. The van der Waals surface area contributed by atoms with Crippen LogP contribution in [0.25, 0.3) is 11.3 Å². The highest BCUT2D eigenvalue weighted by atomic mass is 15.1. The van der Waals surface area contributed by atoms with Gasteiger partial charge in [0, 0.05) is 23.1 Å². The number of nitrogens with two attached hydrogens (primary N) is 1. The van der Waals surface area contributed by atoms with Gasteiger partial charge in [-0.15, -0.1) is 0 Å². The second kappa shape index (κ2) is 5.40. The molecule has 0 aliphatic carbocycles. The molecule has 4 nitrogen and oxygen atoms in total. The molecule has 0 saturated heterocycles. The molecule has 0 spiro atoms. The Morgan fingerprint density at radius 2 is 1.75 bits per heavy atom. The van der Waals surface area contributed by atoms with Gasteiger partial charge in [-0.1, -0.05) is 36.4 Å². The maximum atomic E-state index is 5.75. The summed E-state index contributed by atoms with van der Waals surface area (Å²) in [6.45, 7) is 0. The van der Waals surface area contributed by atoms with E-state index in [-0.39, 0.29) is 0 Å². The second-order valence-corrected chi connectivity index (χ2v) is 4.38.